The van der Waals surface area contributed by atoms with Crippen LogP contribution in [-0.2, 0) is 22.1 Å². The third kappa shape index (κ3) is 4.32. The van der Waals surface area contributed by atoms with Gasteiger partial charge in [0.1, 0.15) is 5.37 Å². The van der Waals surface area contributed by atoms with Crippen LogP contribution in [-0.4, -0.2) is 54.5 Å². The van der Waals surface area contributed by atoms with E-state index >= 15 is 0 Å². The quantitative estimate of drug-likeness (QED) is 0.765. The van der Waals surface area contributed by atoms with Gasteiger partial charge >= 0.3 is 0 Å². The second-order valence-electron chi connectivity index (χ2n) is 4.51. The fraction of sp³-hybridized carbons (Fsp3) is 0.727. The molecule has 1 atom stereocenters. The highest BCUT2D eigenvalue weighted by Gasteiger charge is 2.30. The molecule has 1 aromatic heterocycles. The van der Waals surface area contributed by atoms with Gasteiger partial charge in [-0.05, 0) is 0 Å². The Morgan fingerprint density at radius 1 is 1.58 bits per heavy atom. The molecule has 4 nitrogen and oxygen atoms in total. The molecule has 1 aromatic rings. The number of alkyl halides is 1. The van der Waals surface area contributed by atoms with Crippen molar-refractivity contribution in [2.45, 2.75) is 17.7 Å². The topological polar surface area (TPSA) is 50.3 Å². The van der Waals surface area contributed by atoms with Crippen LogP contribution in [0.4, 0.5) is 0 Å². The van der Waals surface area contributed by atoms with Crippen LogP contribution in [0.25, 0.3) is 0 Å². The maximum absolute atomic E-state index is 11.8. The molecule has 0 aliphatic carbocycles. The van der Waals surface area contributed by atoms with E-state index < -0.39 is 9.84 Å². The van der Waals surface area contributed by atoms with Crippen molar-refractivity contribution in [3.8, 4) is 0 Å². The lowest BCUT2D eigenvalue weighted by Crippen LogP contribution is -2.47. The Labute approximate surface area is 127 Å². The van der Waals surface area contributed by atoms with E-state index in [9.17, 15) is 8.42 Å². The third-order valence-electron chi connectivity index (χ3n) is 3.03. The molecule has 108 valence electrons. The molecule has 2 heterocycles. The number of thiazole rings is 1. The van der Waals surface area contributed by atoms with Crippen molar-refractivity contribution in [1.29, 1.82) is 0 Å². The Hall–Kier alpha value is 0.180. The number of sulfone groups is 1. The minimum atomic E-state index is -3.01. The van der Waals surface area contributed by atoms with Crippen LogP contribution in [0, 0.1) is 0 Å². The Morgan fingerprint density at radius 2 is 2.37 bits per heavy atom. The Bertz CT molecular complexity index is 518. The zero-order valence-corrected chi connectivity index (χ0v) is 13.9. The summed E-state index contributed by atoms with van der Waals surface area (Å²) in [7, 11) is -3.01. The molecule has 0 amide bonds. The van der Waals surface area contributed by atoms with Crippen LogP contribution >= 0.6 is 34.7 Å². The Morgan fingerprint density at radius 3 is 3.00 bits per heavy atom. The van der Waals surface area contributed by atoms with Gasteiger partial charge in [-0.2, -0.15) is 11.8 Å². The zero-order valence-electron chi connectivity index (χ0n) is 10.7. The number of thioether (sulfide) groups is 1. The average molecular weight is 341 g/mol. The van der Waals surface area contributed by atoms with Gasteiger partial charge in [0.15, 0.2) is 9.84 Å². The second-order valence-corrected chi connectivity index (χ2v) is 9.07. The number of aromatic nitrogens is 1. The summed E-state index contributed by atoms with van der Waals surface area (Å²) in [5.41, 5.74) is 0.899. The SMILES string of the molecule is CS(=O)(=O)C1CSCCN1CCc1nc(CCl)cs1. The van der Waals surface area contributed by atoms with E-state index in [0.717, 1.165) is 36.0 Å². The lowest BCUT2D eigenvalue weighted by atomic mass is 10.3. The third-order valence-corrected chi connectivity index (χ3v) is 6.95. The summed E-state index contributed by atoms with van der Waals surface area (Å²) in [6.07, 6.45) is 2.11. The highest BCUT2D eigenvalue weighted by Crippen LogP contribution is 2.21. The summed E-state index contributed by atoms with van der Waals surface area (Å²) in [4.78, 5) is 6.47. The van der Waals surface area contributed by atoms with Gasteiger partial charge in [-0.1, -0.05) is 0 Å². The number of nitrogens with zero attached hydrogens (tertiary/aromatic N) is 2. The molecular formula is C11H17ClN2O2S3. The number of rotatable bonds is 5. The normalized spacial score (nSPS) is 21.7. The molecule has 2 rings (SSSR count). The maximum atomic E-state index is 11.8. The first-order valence-corrected chi connectivity index (χ1v) is 10.5. The van der Waals surface area contributed by atoms with Crippen molar-refractivity contribution in [1.82, 2.24) is 9.88 Å². The van der Waals surface area contributed by atoms with Crippen molar-refractivity contribution in [3.05, 3.63) is 16.1 Å². The minimum Gasteiger partial charge on any atom is -0.285 e. The van der Waals surface area contributed by atoms with Gasteiger partial charge in [-0.25, -0.2) is 13.4 Å². The van der Waals surface area contributed by atoms with Crippen molar-refractivity contribution in [3.63, 3.8) is 0 Å². The number of hydrogen-bond acceptors (Lipinski definition) is 6. The summed E-state index contributed by atoms with van der Waals surface area (Å²) < 4.78 is 23.5. The van der Waals surface area contributed by atoms with Gasteiger partial charge in [-0.3, -0.25) is 4.90 Å². The molecule has 0 bridgehead atoms. The molecular weight excluding hydrogens is 324 g/mol. The first-order chi connectivity index (χ1) is 9.00. The van der Waals surface area contributed by atoms with Crippen LogP contribution in [0.2, 0.25) is 0 Å². The van der Waals surface area contributed by atoms with Crippen LogP contribution in [0.3, 0.4) is 0 Å². The molecule has 1 aliphatic heterocycles. The Balaban J connectivity index is 1.96. The summed E-state index contributed by atoms with van der Waals surface area (Å²) in [5.74, 6) is 2.10. The lowest BCUT2D eigenvalue weighted by molar-refractivity contribution is 0.274. The summed E-state index contributed by atoms with van der Waals surface area (Å²) in [6, 6.07) is 0. The molecule has 1 fully saturated rings. The van der Waals surface area contributed by atoms with Crippen LogP contribution in [0.15, 0.2) is 5.38 Å². The standard InChI is InChI=1S/C11H17ClN2O2S3/c1-19(15,16)11-8-17-5-4-14(11)3-2-10-13-9(6-12)7-18-10/h7,11H,2-6,8H2,1H3. The maximum Gasteiger partial charge on any atom is 0.164 e. The van der Waals surface area contributed by atoms with Gasteiger partial charge in [-0.15, -0.1) is 22.9 Å². The Kier molecular flexibility index (Phi) is 5.54. The van der Waals surface area contributed by atoms with Crippen LogP contribution < -0.4 is 0 Å². The van der Waals surface area contributed by atoms with Crippen molar-refractivity contribution in [2.24, 2.45) is 0 Å². The minimum absolute atomic E-state index is 0.348. The molecule has 8 heteroatoms. The fourth-order valence-corrected chi connectivity index (χ4v) is 6.02. The van der Waals surface area contributed by atoms with Gasteiger partial charge in [0.25, 0.3) is 0 Å². The van der Waals surface area contributed by atoms with E-state index in [1.165, 1.54) is 6.26 Å². The molecule has 0 spiro atoms. The van der Waals surface area contributed by atoms with E-state index in [4.69, 9.17) is 11.6 Å². The van der Waals surface area contributed by atoms with E-state index in [0.29, 0.717) is 11.6 Å². The number of hydrogen-bond donors (Lipinski definition) is 0. The molecule has 0 saturated carbocycles. The summed E-state index contributed by atoms with van der Waals surface area (Å²) >= 11 is 9.03. The van der Waals surface area contributed by atoms with E-state index in [2.05, 4.69) is 9.88 Å². The summed E-state index contributed by atoms with van der Waals surface area (Å²) in [5, 5.41) is 2.64. The monoisotopic (exact) mass is 340 g/mol. The zero-order chi connectivity index (χ0) is 13.9. The van der Waals surface area contributed by atoms with Crippen molar-refractivity contribution >= 4 is 44.5 Å². The second kappa shape index (κ2) is 6.76. The van der Waals surface area contributed by atoms with Crippen LogP contribution in [0.1, 0.15) is 10.7 Å². The van der Waals surface area contributed by atoms with Gasteiger partial charge in [0.2, 0.25) is 0 Å². The predicted octanol–water partition coefficient (Wildman–Crippen LogP) is 1.84. The predicted molar refractivity (Wildman–Crippen MR) is 82.9 cm³/mol. The molecule has 0 radical (unpaired) electrons. The number of halogens is 1. The molecule has 1 saturated heterocycles. The van der Waals surface area contributed by atoms with Gasteiger partial charge < -0.3 is 0 Å². The summed E-state index contributed by atoms with van der Waals surface area (Å²) in [6.45, 7) is 1.57. The molecule has 0 N–H and O–H groups in total. The van der Waals surface area contributed by atoms with E-state index in [1.807, 2.05) is 5.38 Å². The fourth-order valence-electron chi connectivity index (χ4n) is 2.03. The van der Waals surface area contributed by atoms with Crippen LogP contribution in [0.5, 0.6) is 0 Å². The lowest BCUT2D eigenvalue weighted by Gasteiger charge is -2.33. The van der Waals surface area contributed by atoms with Crippen molar-refractivity contribution in [2.75, 3.05) is 30.9 Å². The first kappa shape index (κ1) is 15.6. The van der Waals surface area contributed by atoms with Gasteiger partial charge in [0.05, 0.1) is 16.6 Å². The molecule has 0 aromatic carbocycles. The largest absolute Gasteiger partial charge is 0.285 e. The highest BCUT2D eigenvalue weighted by atomic mass is 35.5. The van der Waals surface area contributed by atoms with Gasteiger partial charge in [0, 0.05) is 42.7 Å². The molecule has 1 aliphatic rings. The van der Waals surface area contributed by atoms with Crippen molar-refractivity contribution < 1.29 is 8.42 Å². The first-order valence-electron chi connectivity index (χ1n) is 6.00. The van der Waals surface area contributed by atoms with E-state index in [1.54, 1.807) is 23.1 Å². The average Bonchev–Trinajstić information content (AvgIpc) is 2.83. The highest BCUT2D eigenvalue weighted by molar-refractivity contribution is 8.00. The molecule has 1 unspecified atom stereocenters. The molecule has 19 heavy (non-hydrogen) atoms. The van der Waals surface area contributed by atoms with E-state index in [-0.39, 0.29) is 5.37 Å². The smallest absolute Gasteiger partial charge is 0.164 e.